The van der Waals surface area contributed by atoms with E-state index in [1.54, 1.807) is 6.92 Å². The molecule has 1 N–H and O–H groups in total. The predicted octanol–water partition coefficient (Wildman–Crippen LogP) is 2.26. The fraction of sp³-hybridized carbons (Fsp3) is 0.571. The molecule has 0 saturated heterocycles. The van der Waals surface area contributed by atoms with Crippen molar-refractivity contribution in [2.75, 3.05) is 18.2 Å². The van der Waals surface area contributed by atoms with E-state index < -0.39 is 15.8 Å². The molecule has 1 unspecified atom stereocenters. The van der Waals surface area contributed by atoms with E-state index in [4.69, 9.17) is 0 Å². The van der Waals surface area contributed by atoms with Crippen LogP contribution in [0.15, 0.2) is 17.2 Å². The highest BCUT2D eigenvalue weighted by Gasteiger charge is 2.20. The number of hydrogen-bond acceptors (Lipinski definition) is 6. The second kappa shape index (κ2) is 7.40. The lowest BCUT2D eigenvalue weighted by Crippen LogP contribution is -2.17. The highest BCUT2D eigenvalue weighted by atomic mass is 32.2. The maximum Gasteiger partial charge on any atom is 0.338 e. The Balaban J connectivity index is 3.30. The van der Waals surface area contributed by atoms with E-state index in [1.807, 2.05) is 13.8 Å². The van der Waals surface area contributed by atoms with E-state index >= 15 is 0 Å². The highest BCUT2D eigenvalue weighted by molar-refractivity contribution is 7.91. The summed E-state index contributed by atoms with van der Waals surface area (Å²) >= 11 is 0. The lowest BCUT2D eigenvalue weighted by molar-refractivity contribution is 0.0600. The molecule has 1 rings (SSSR count). The predicted molar refractivity (Wildman–Crippen MR) is 81.3 cm³/mol. The van der Waals surface area contributed by atoms with Crippen LogP contribution in [0.5, 0.6) is 0 Å². The number of carbonyl (C=O) groups is 1. The molecule has 7 heteroatoms. The van der Waals surface area contributed by atoms with Gasteiger partial charge in [0.2, 0.25) is 0 Å². The first kappa shape index (κ1) is 17.4. The second-order valence-corrected chi connectivity index (χ2v) is 6.90. The summed E-state index contributed by atoms with van der Waals surface area (Å²) in [5, 5.41) is 2.98. The Morgan fingerprint density at radius 1 is 1.38 bits per heavy atom. The van der Waals surface area contributed by atoms with Crippen molar-refractivity contribution >= 4 is 21.6 Å². The molecule has 1 heterocycles. The van der Waals surface area contributed by atoms with Gasteiger partial charge in [0.15, 0.2) is 14.9 Å². The van der Waals surface area contributed by atoms with Crippen LogP contribution in [0.25, 0.3) is 0 Å². The quantitative estimate of drug-likeness (QED) is 0.777. The van der Waals surface area contributed by atoms with Crippen LogP contribution in [0.3, 0.4) is 0 Å². The van der Waals surface area contributed by atoms with Crippen molar-refractivity contribution in [1.82, 2.24) is 4.98 Å². The minimum absolute atomic E-state index is 0.00655. The summed E-state index contributed by atoms with van der Waals surface area (Å²) in [5.74, 6) is -0.229. The Morgan fingerprint density at radius 3 is 2.57 bits per heavy atom. The summed E-state index contributed by atoms with van der Waals surface area (Å²) in [6.45, 7) is 5.73. The van der Waals surface area contributed by atoms with Gasteiger partial charge in [-0.2, -0.15) is 0 Å². The SMILES string of the molecule is CCCS(=O)(=O)c1cc(C(=O)OC)cc(NC(C)CC)n1. The summed E-state index contributed by atoms with van der Waals surface area (Å²) in [7, 11) is -2.24. The van der Waals surface area contributed by atoms with Crippen LogP contribution in [0.4, 0.5) is 5.82 Å². The summed E-state index contributed by atoms with van der Waals surface area (Å²) in [6, 6.07) is 2.88. The third-order valence-electron chi connectivity index (χ3n) is 3.02. The van der Waals surface area contributed by atoms with Gasteiger partial charge in [-0.25, -0.2) is 18.2 Å². The summed E-state index contributed by atoms with van der Waals surface area (Å²) in [4.78, 5) is 15.8. The number of sulfone groups is 1. The van der Waals surface area contributed by atoms with Gasteiger partial charge in [0.1, 0.15) is 5.82 Å². The first-order valence-electron chi connectivity index (χ1n) is 6.93. The van der Waals surface area contributed by atoms with E-state index in [-0.39, 0.29) is 22.4 Å². The van der Waals surface area contributed by atoms with Crippen molar-refractivity contribution < 1.29 is 17.9 Å². The van der Waals surface area contributed by atoms with Crippen LogP contribution in [0.1, 0.15) is 44.0 Å². The molecule has 6 nitrogen and oxygen atoms in total. The number of anilines is 1. The molecule has 0 radical (unpaired) electrons. The van der Waals surface area contributed by atoms with Gasteiger partial charge in [-0.1, -0.05) is 13.8 Å². The van der Waals surface area contributed by atoms with Crippen molar-refractivity contribution in [3.05, 3.63) is 17.7 Å². The fourth-order valence-corrected chi connectivity index (χ4v) is 2.99. The highest BCUT2D eigenvalue weighted by Crippen LogP contribution is 2.18. The average Bonchev–Trinajstić information content (AvgIpc) is 2.45. The number of hydrogen-bond donors (Lipinski definition) is 1. The summed E-state index contributed by atoms with van der Waals surface area (Å²) < 4.78 is 29.0. The number of nitrogens with one attached hydrogen (secondary N) is 1. The zero-order chi connectivity index (χ0) is 16.0. The fourth-order valence-electron chi connectivity index (χ4n) is 1.70. The maximum absolute atomic E-state index is 12.2. The van der Waals surface area contributed by atoms with Crippen LogP contribution in [0, 0.1) is 0 Å². The largest absolute Gasteiger partial charge is 0.465 e. The van der Waals surface area contributed by atoms with Crippen molar-refractivity contribution in [2.45, 2.75) is 44.7 Å². The Hall–Kier alpha value is -1.63. The zero-order valence-electron chi connectivity index (χ0n) is 12.8. The van der Waals surface area contributed by atoms with Gasteiger partial charge in [0.05, 0.1) is 18.4 Å². The van der Waals surface area contributed by atoms with Gasteiger partial charge >= 0.3 is 5.97 Å². The van der Waals surface area contributed by atoms with Crippen LogP contribution in [-0.4, -0.2) is 38.3 Å². The second-order valence-electron chi connectivity index (χ2n) is 4.84. The van der Waals surface area contributed by atoms with Gasteiger partial charge in [0, 0.05) is 6.04 Å². The third-order valence-corrected chi connectivity index (χ3v) is 4.81. The first-order chi connectivity index (χ1) is 9.83. The number of carbonyl (C=O) groups excluding carboxylic acids is 1. The molecule has 0 aliphatic heterocycles. The molecule has 1 aromatic heterocycles. The molecular weight excluding hydrogens is 292 g/mol. The Bertz CT molecular complexity index is 599. The molecule has 1 atom stereocenters. The van der Waals surface area contributed by atoms with E-state index in [1.165, 1.54) is 19.2 Å². The molecular formula is C14H22N2O4S. The molecule has 118 valence electrons. The number of ether oxygens (including phenoxy) is 1. The summed E-state index contributed by atoms with van der Waals surface area (Å²) in [6.07, 6.45) is 1.34. The number of pyridine rings is 1. The topological polar surface area (TPSA) is 85.4 Å². The molecule has 0 bridgehead atoms. The van der Waals surface area contributed by atoms with Crippen LogP contribution in [0.2, 0.25) is 0 Å². The monoisotopic (exact) mass is 314 g/mol. The average molecular weight is 314 g/mol. The zero-order valence-corrected chi connectivity index (χ0v) is 13.7. The van der Waals surface area contributed by atoms with Crippen LogP contribution >= 0.6 is 0 Å². The van der Waals surface area contributed by atoms with Crippen LogP contribution < -0.4 is 5.32 Å². The van der Waals surface area contributed by atoms with Crippen molar-refractivity contribution in [3.63, 3.8) is 0 Å². The Labute approximate surface area is 125 Å². The number of esters is 1. The Kier molecular flexibility index (Phi) is 6.14. The molecule has 21 heavy (non-hydrogen) atoms. The van der Waals surface area contributed by atoms with E-state index in [2.05, 4.69) is 15.0 Å². The van der Waals surface area contributed by atoms with Gasteiger partial charge in [-0.15, -0.1) is 0 Å². The van der Waals surface area contributed by atoms with E-state index in [0.717, 1.165) is 6.42 Å². The number of nitrogens with zero attached hydrogens (tertiary/aromatic N) is 1. The van der Waals surface area contributed by atoms with Crippen LogP contribution in [-0.2, 0) is 14.6 Å². The van der Waals surface area contributed by atoms with Crippen molar-refractivity contribution in [3.8, 4) is 0 Å². The minimum atomic E-state index is -3.50. The normalized spacial score (nSPS) is 12.8. The molecule has 0 saturated carbocycles. The first-order valence-corrected chi connectivity index (χ1v) is 8.59. The smallest absolute Gasteiger partial charge is 0.338 e. The molecule has 0 aliphatic rings. The maximum atomic E-state index is 12.2. The number of rotatable bonds is 7. The molecule has 0 fully saturated rings. The van der Waals surface area contributed by atoms with E-state index in [0.29, 0.717) is 12.2 Å². The summed E-state index contributed by atoms with van der Waals surface area (Å²) in [5.41, 5.74) is 0.174. The Morgan fingerprint density at radius 2 is 2.05 bits per heavy atom. The lowest BCUT2D eigenvalue weighted by atomic mass is 10.2. The molecule has 0 aromatic carbocycles. The molecule has 0 aliphatic carbocycles. The van der Waals surface area contributed by atoms with Gasteiger partial charge in [0.25, 0.3) is 0 Å². The standard InChI is InChI=1S/C14H22N2O4S/c1-5-7-21(18,19)13-9-11(14(17)20-4)8-12(16-13)15-10(3)6-2/h8-10H,5-7H2,1-4H3,(H,15,16). The van der Waals surface area contributed by atoms with Gasteiger partial charge in [-0.05, 0) is 31.9 Å². The number of aromatic nitrogens is 1. The number of methoxy groups -OCH3 is 1. The lowest BCUT2D eigenvalue weighted by Gasteiger charge is -2.14. The van der Waals surface area contributed by atoms with Crippen molar-refractivity contribution in [2.24, 2.45) is 0 Å². The minimum Gasteiger partial charge on any atom is -0.465 e. The third kappa shape index (κ3) is 4.70. The van der Waals surface area contributed by atoms with Gasteiger partial charge < -0.3 is 10.1 Å². The molecule has 1 aromatic rings. The van der Waals surface area contributed by atoms with Crippen molar-refractivity contribution in [1.29, 1.82) is 0 Å². The molecule has 0 spiro atoms. The van der Waals surface area contributed by atoms with E-state index in [9.17, 15) is 13.2 Å². The molecule has 0 amide bonds. The van der Waals surface area contributed by atoms with Gasteiger partial charge in [-0.3, -0.25) is 0 Å².